The molecule has 0 radical (unpaired) electrons. The van der Waals surface area contributed by atoms with E-state index < -0.39 is 11.9 Å². The molecule has 1 heterocycles. The van der Waals surface area contributed by atoms with E-state index in [-0.39, 0.29) is 16.8 Å². The van der Waals surface area contributed by atoms with E-state index in [1.54, 1.807) is 14.2 Å². The quantitative estimate of drug-likeness (QED) is 0.777. The summed E-state index contributed by atoms with van der Waals surface area (Å²) < 4.78 is 10.6. The van der Waals surface area contributed by atoms with Crippen LogP contribution in [0.5, 0.6) is 11.5 Å². The molecule has 8 nitrogen and oxygen atoms in total. The van der Waals surface area contributed by atoms with Crippen molar-refractivity contribution in [1.29, 1.82) is 0 Å². The highest BCUT2D eigenvalue weighted by molar-refractivity contribution is 5.92. The lowest BCUT2D eigenvalue weighted by atomic mass is 9.84. The van der Waals surface area contributed by atoms with Crippen molar-refractivity contribution in [1.82, 2.24) is 15.3 Å². The van der Waals surface area contributed by atoms with E-state index in [9.17, 15) is 9.59 Å². The van der Waals surface area contributed by atoms with Crippen molar-refractivity contribution >= 4 is 11.9 Å². The van der Waals surface area contributed by atoms with E-state index in [4.69, 9.17) is 14.6 Å². The van der Waals surface area contributed by atoms with Crippen LogP contribution in [0.15, 0.2) is 30.6 Å². The van der Waals surface area contributed by atoms with Crippen molar-refractivity contribution in [2.45, 2.75) is 19.3 Å². The molecule has 0 saturated heterocycles. The van der Waals surface area contributed by atoms with Gasteiger partial charge in [-0.1, -0.05) is 19.9 Å². The number of nitrogens with one attached hydrogen (secondary N) is 1. The van der Waals surface area contributed by atoms with E-state index in [2.05, 4.69) is 15.3 Å². The maximum atomic E-state index is 12.2. The van der Waals surface area contributed by atoms with Gasteiger partial charge in [-0.05, 0) is 17.7 Å². The van der Waals surface area contributed by atoms with Gasteiger partial charge in [0.2, 0.25) is 0 Å². The Morgan fingerprint density at radius 2 is 1.69 bits per heavy atom. The van der Waals surface area contributed by atoms with E-state index >= 15 is 0 Å². The number of ether oxygens (including phenoxy) is 2. The van der Waals surface area contributed by atoms with Crippen LogP contribution >= 0.6 is 0 Å². The minimum Gasteiger partial charge on any atom is -0.493 e. The molecule has 8 heteroatoms. The number of benzene rings is 1. The second kappa shape index (κ2) is 7.81. The number of carboxylic acids is 1. The van der Waals surface area contributed by atoms with Gasteiger partial charge in [0.15, 0.2) is 17.2 Å². The second-order valence-corrected chi connectivity index (χ2v) is 6.23. The normalized spacial score (nSPS) is 10.9. The maximum Gasteiger partial charge on any atom is 0.356 e. The number of carboxylic acid groups (broad SMARTS) is 1. The van der Waals surface area contributed by atoms with Crippen molar-refractivity contribution in [2.75, 3.05) is 20.8 Å². The van der Waals surface area contributed by atoms with Gasteiger partial charge in [0.1, 0.15) is 5.69 Å². The highest BCUT2D eigenvalue weighted by Gasteiger charge is 2.24. The fraction of sp³-hybridized carbons (Fsp3) is 0.333. The molecule has 0 fully saturated rings. The number of hydrogen-bond donors (Lipinski definition) is 2. The number of amides is 1. The zero-order valence-corrected chi connectivity index (χ0v) is 15.1. The molecule has 138 valence electrons. The number of carbonyl (C=O) groups excluding carboxylic acids is 1. The lowest BCUT2D eigenvalue weighted by Gasteiger charge is -2.26. The number of aromatic carboxylic acids is 1. The fourth-order valence-corrected chi connectivity index (χ4v) is 2.31. The topological polar surface area (TPSA) is 111 Å². The minimum absolute atomic E-state index is 0.0538. The van der Waals surface area contributed by atoms with Gasteiger partial charge in [0, 0.05) is 12.0 Å². The van der Waals surface area contributed by atoms with Crippen molar-refractivity contribution in [3.63, 3.8) is 0 Å². The molecule has 0 spiro atoms. The van der Waals surface area contributed by atoms with Gasteiger partial charge in [0.25, 0.3) is 5.91 Å². The zero-order chi connectivity index (χ0) is 19.3. The molecule has 1 aromatic carbocycles. The van der Waals surface area contributed by atoms with E-state index in [0.717, 1.165) is 18.0 Å². The standard InChI is InChI=1S/C18H21N3O5/c1-18(2,11-5-6-14(25-3)15(7-11)26-4)10-21-16(22)12-8-20-13(9-19-12)17(23)24/h5-9H,10H2,1-4H3,(H,21,22)(H,23,24). The third kappa shape index (κ3) is 4.27. The predicted octanol–water partition coefficient (Wildman–Crippen LogP) is 1.90. The number of carbonyl (C=O) groups is 2. The first-order valence-electron chi connectivity index (χ1n) is 7.84. The molecule has 0 unspecified atom stereocenters. The molecule has 0 aliphatic heterocycles. The van der Waals surface area contributed by atoms with E-state index in [1.807, 2.05) is 32.0 Å². The fourth-order valence-electron chi connectivity index (χ4n) is 2.31. The molecule has 0 bridgehead atoms. The van der Waals surface area contributed by atoms with Crippen LogP contribution in [0.4, 0.5) is 0 Å². The van der Waals surface area contributed by atoms with Gasteiger partial charge in [-0.2, -0.15) is 0 Å². The first-order chi connectivity index (χ1) is 12.3. The number of rotatable bonds is 7. The summed E-state index contributed by atoms with van der Waals surface area (Å²) >= 11 is 0. The Bertz CT molecular complexity index is 803. The van der Waals surface area contributed by atoms with Gasteiger partial charge in [-0.25, -0.2) is 14.8 Å². The highest BCUT2D eigenvalue weighted by atomic mass is 16.5. The summed E-state index contributed by atoms with van der Waals surface area (Å²) in [5, 5.41) is 11.6. The molecule has 0 saturated carbocycles. The van der Waals surface area contributed by atoms with Crippen molar-refractivity contribution in [3.8, 4) is 11.5 Å². The van der Waals surface area contributed by atoms with Gasteiger partial charge in [-0.3, -0.25) is 4.79 Å². The molecular weight excluding hydrogens is 338 g/mol. The van der Waals surface area contributed by atoms with E-state index in [0.29, 0.717) is 18.0 Å². The summed E-state index contributed by atoms with van der Waals surface area (Å²) in [6, 6.07) is 5.59. The zero-order valence-electron chi connectivity index (χ0n) is 15.1. The molecule has 1 amide bonds. The second-order valence-electron chi connectivity index (χ2n) is 6.23. The third-order valence-electron chi connectivity index (χ3n) is 3.96. The Morgan fingerprint density at radius 3 is 2.23 bits per heavy atom. The van der Waals surface area contributed by atoms with Gasteiger partial charge < -0.3 is 19.9 Å². The van der Waals surface area contributed by atoms with Crippen molar-refractivity contribution in [3.05, 3.63) is 47.5 Å². The summed E-state index contributed by atoms with van der Waals surface area (Å²) in [5.41, 5.74) is 0.414. The van der Waals surface area contributed by atoms with Crippen LogP contribution in [0.2, 0.25) is 0 Å². The van der Waals surface area contributed by atoms with Gasteiger partial charge >= 0.3 is 5.97 Å². The smallest absolute Gasteiger partial charge is 0.356 e. The number of methoxy groups -OCH3 is 2. The monoisotopic (exact) mass is 359 g/mol. The predicted molar refractivity (Wildman–Crippen MR) is 93.9 cm³/mol. The van der Waals surface area contributed by atoms with Gasteiger partial charge in [-0.15, -0.1) is 0 Å². The lowest BCUT2D eigenvalue weighted by molar-refractivity contribution is 0.0689. The molecule has 0 aliphatic rings. The minimum atomic E-state index is -1.20. The molecule has 2 aromatic rings. The molecule has 1 aromatic heterocycles. The number of aromatic nitrogens is 2. The van der Waals surface area contributed by atoms with Crippen molar-refractivity contribution < 1.29 is 24.2 Å². The Morgan fingerprint density at radius 1 is 1.08 bits per heavy atom. The number of nitrogens with zero attached hydrogens (tertiary/aromatic N) is 2. The first kappa shape index (κ1) is 19.2. The van der Waals surface area contributed by atoms with Crippen LogP contribution < -0.4 is 14.8 Å². The van der Waals surface area contributed by atoms with Crippen LogP contribution in [0.3, 0.4) is 0 Å². The summed E-state index contributed by atoms with van der Waals surface area (Å²) in [7, 11) is 3.13. The average molecular weight is 359 g/mol. The third-order valence-corrected chi connectivity index (χ3v) is 3.96. The van der Waals surface area contributed by atoms with E-state index in [1.165, 1.54) is 0 Å². The Labute approximate surface area is 151 Å². The van der Waals surface area contributed by atoms with Crippen LogP contribution in [-0.4, -0.2) is 47.7 Å². The summed E-state index contributed by atoms with van der Waals surface area (Å²) in [6.07, 6.45) is 2.19. The largest absolute Gasteiger partial charge is 0.493 e. The highest BCUT2D eigenvalue weighted by Crippen LogP contribution is 2.32. The Kier molecular flexibility index (Phi) is 5.76. The Hall–Kier alpha value is -3.16. The summed E-state index contributed by atoms with van der Waals surface area (Å²) in [4.78, 5) is 30.5. The van der Waals surface area contributed by atoms with Crippen LogP contribution in [0.25, 0.3) is 0 Å². The molecule has 26 heavy (non-hydrogen) atoms. The SMILES string of the molecule is COc1ccc(C(C)(C)CNC(=O)c2cnc(C(=O)O)cn2)cc1OC. The maximum absolute atomic E-state index is 12.2. The summed E-state index contributed by atoms with van der Waals surface area (Å²) in [6.45, 7) is 4.30. The Balaban J connectivity index is 2.09. The first-order valence-corrected chi connectivity index (χ1v) is 7.84. The summed E-state index contributed by atoms with van der Waals surface area (Å²) in [5.74, 6) is -0.383. The molecule has 2 rings (SSSR count). The average Bonchev–Trinajstić information content (AvgIpc) is 2.65. The molecule has 2 N–H and O–H groups in total. The molecular formula is C18H21N3O5. The van der Waals surface area contributed by atoms with Gasteiger partial charge in [0.05, 0.1) is 26.6 Å². The van der Waals surface area contributed by atoms with Crippen LogP contribution in [0, 0.1) is 0 Å². The van der Waals surface area contributed by atoms with Crippen LogP contribution in [-0.2, 0) is 5.41 Å². The number of hydrogen-bond acceptors (Lipinski definition) is 6. The molecule has 0 atom stereocenters. The van der Waals surface area contributed by atoms with Crippen LogP contribution in [0.1, 0.15) is 40.4 Å². The molecule has 0 aliphatic carbocycles. The van der Waals surface area contributed by atoms with Crippen molar-refractivity contribution in [2.24, 2.45) is 0 Å². The lowest BCUT2D eigenvalue weighted by Crippen LogP contribution is -2.37.